The van der Waals surface area contributed by atoms with Crippen LogP contribution in [0.5, 0.6) is 0 Å². The van der Waals surface area contributed by atoms with Gasteiger partial charge in [-0.3, -0.25) is 9.59 Å². The summed E-state index contributed by atoms with van der Waals surface area (Å²) in [5.41, 5.74) is -1.48. The SMILES string of the molecule is C[C@@H](OCC12CCC(CC1)OC2)C(NC(=O)[C@@H]1CN(C(=O)c2cnco2)CC12CNC2)C(C)(C)O. The number of hydrogen-bond acceptors (Lipinski definition) is 8. The molecule has 1 aromatic rings. The number of carbonyl (C=O) groups excluding carboxylic acids is 2. The highest BCUT2D eigenvalue weighted by atomic mass is 16.5. The molecule has 5 aliphatic rings. The summed E-state index contributed by atoms with van der Waals surface area (Å²) in [4.78, 5) is 32.0. The van der Waals surface area contributed by atoms with E-state index in [1.54, 1.807) is 18.7 Å². The first-order valence-corrected chi connectivity index (χ1v) is 12.8. The first-order valence-electron chi connectivity index (χ1n) is 12.8. The predicted octanol–water partition coefficient (Wildman–Crippen LogP) is 0.956. The summed E-state index contributed by atoms with van der Waals surface area (Å²) in [6.07, 6.45) is 6.97. The second-order valence-corrected chi connectivity index (χ2v) is 11.7. The summed E-state index contributed by atoms with van der Waals surface area (Å²) >= 11 is 0. The molecular weight excluding hydrogens is 452 g/mol. The van der Waals surface area contributed by atoms with Crippen molar-refractivity contribution in [1.82, 2.24) is 20.5 Å². The van der Waals surface area contributed by atoms with Crippen molar-refractivity contribution in [2.45, 2.75) is 70.3 Å². The van der Waals surface area contributed by atoms with Crippen LogP contribution >= 0.6 is 0 Å². The number of hydrogen-bond donors (Lipinski definition) is 3. The minimum atomic E-state index is -1.19. The van der Waals surface area contributed by atoms with Crippen LogP contribution < -0.4 is 10.6 Å². The number of oxazole rings is 1. The lowest BCUT2D eigenvalue weighted by Gasteiger charge is -2.47. The monoisotopic (exact) mass is 490 g/mol. The zero-order chi connectivity index (χ0) is 24.8. The molecule has 5 heterocycles. The van der Waals surface area contributed by atoms with Gasteiger partial charge in [0.15, 0.2) is 6.39 Å². The van der Waals surface area contributed by atoms with E-state index in [1.807, 2.05) is 6.92 Å². The highest BCUT2D eigenvalue weighted by Crippen LogP contribution is 2.44. The average molecular weight is 491 g/mol. The Morgan fingerprint density at radius 3 is 2.66 bits per heavy atom. The number of aromatic nitrogens is 1. The van der Waals surface area contributed by atoms with Gasteiger partial charge in [0.25, 0.3) is 5.91 Å². The van der Waals surface area contributed by atoms with Crippen molar-refractivity contribution in [3.05, 3.63) is 18.4 Å². The van der Waals surface area contributed by atoms with Gasteiger partial charge in [-0.1, -0.05) is 0 Å². The third-order valence-electron chi connectivity index (χ3n) is 8.65. The molecule has 1 spiro atoms. The Hall–Kier alpha value is -2.01. The van der Waals surface area contributed by atoms with Crippen molar-refractivity contribution in [1.29, 1.82) is 0 Å². The molecule has 2 bridgehead atoms. The quantitative estimate of drug-likeness (QED) is 0.492. The van der Waals surface area contributed by atoms with Crippen molar-refractivity contribution >= 4 is 11.8 Å². The van der Waals surface area contributed by atoms with E-state index in [0.29, 0.717) is 38.9 Å². The molecule has 10 heteroatoms. The maximum atomic E-state index is 13.6. The van der Waals surface area contributed by atoms with Crippen LogP contribution in [-0.4, -0.2) is 90.0 Å². The zero-order valence-corrected chi connectivity index (χ0v) is 20.9. The lowest BCUT2D eigenvalue weighted by Crippen LogP contribution is -2.63. The number of likely N-dealkylation sites (tertiary alicyclic amines) is 1. The summed E-state index contributed by atoms with van der Waals surface area (Å²) in [6, 6.07) is -0.601. The van der Waals surface area contributed by atoms with Gasteiger partial charge in [-0.2, -0.15) is 0 Å². The van der Waals surface area contributed by atoms with Crippen LogP contribution in [0.2, 0.25) is 0 Å². The van der Waals surface area contributed by atoms with E-state index in [4.69, 9.17) is 13.9 Å². The van der Waals surface area contributed by atoms with Crippen LogP contribution in [0.15, 0.2) is 17.0 Å². The summed E-state index contributed by atoms with van der Waals surface area (Å²) in [5, 5.41) is 17.3. The number of amides is 2. The Bertz CT molecular complexity index is 903. The van der Waals surface area contributed by atoms with E-state index in [-0.39, 0.29) is 28.4 Å². The lowest BCUT2D eigenvalue weighted by molar-refractivity contribution is -0.159. The molecule has 10 nitrogen and oxygen atoms in total. The van der Waals surface area contributed by atoms with Gasteiger partial charge in [0.05, 0.1) is 49.2 Å². The van der Waals surface area contributed by atoms with E-state index < -0.39 is 23.7 Å². The Kier molecular flexibility index (Phi) is 6.44. The number of carbonyl (C=O) groups is 2. The van der Waals surface area contributed by atoms with Gasteiger partial charge in [0.2, 0.25) is 11.7 Å². The standard InChI is InChI=1S/C25H38N4O6/c1-16(33-13-24-6-4-17(5-7-24)34-14-24)20(23(2,3)32)28-21(30)18-9-29(12-25(18)10-27-11-25)22(31)19-8-26-15-35-19/h8,15-18,20,27,32H,4-7,9-14H2,1-3H3,(H,28,30)/t16-,17?,18+,20?,24?/m1/s1. The van der Waals surface area contributed by atoms with Crippen LogP contribution in [0.1, 0.15) is 57.0 Å². The summed E-state index contributed by atoms with van der Waals surface area (Å²) in [7, 11) is 0. The fourth-order valence-electron chi connectivity index (χ4n) is 6.29. The fourth-order valence-corrected chi connectivity index (χ4v) is 6.29. The molecule has 1 saturated carbocycles. The van der Waals surface area contributed by atoms with Crippen molar-refractivity contribution < 1.29 is 28.6 Å². The molecule has 3 N–H and O–H groups in total. The van der Waals surface area contributed by atoms with Gasteiger partial charge in [0, 0.05) is 37.0 Å². The maximum Gasteiger partial charge on any atom is 0.291 e. The number of fused-ring (bicyclic) bond motifs is 3. The van der Waals surface area contributed by atoms with Crippen LogP contribution in [0.3, 0.4) is 0 Å². The minimum Gasteiger partial charge on any atom is -0.438 e. The smallest absolute Gasteiger partial charge is 0.291 e. The molecule has 1 aliphatic carbocycles. The van der Waals surface area contributed by atoms with Crippen molar-refractivity contribution in [2.24, 2.45) is 16.7 Å². The van der Waals surface area contributed by atoms with Crippen LogP contribution in [0, 0.1) is 16.7 Å². The third kappa shape index (κ3) is 4.73. The molecule has 0 radical (unpaired) electrons. The molecule has 4 aliphatic heterocycles. The Morgan fingerprint density at radius 1 is 1.37 bits per heavy atom. The summed E-state index contributed by atoms with van der Waals surface area (Å²) < 4.78 is 17.4. The van der Waals surface area contributed by atoms with E-state index in [1.165, 1.54) is 12.6 Å². The van der Waals surface area contributed by atoms with Gasteiger partial charge in [-0.05, 0) is 46.5 Å². The van der Waals surface area contributed by atoms with Crippen LogP contribution in [0.4, 0.5) is 0 Å². The minimum absolute atomic E-state index is 0.0336. The molecule has 0 aromatic carbocycles. The van der Waals surface area contributed by atoms with Crippen molar-refractivity contribution in [3.8, 4) is 0 Å². The van der Waals surface area contributed by atoms with E-state index in [9.17, 15) is 14.7 Å². The van der Waals surface area contributed by atoms with E-state index in [0.717, 1.165) is 32.3 Å². The Morgan fingerprint density at radius 2 is 2.11 bits per heavy atom. The average Bonchev–Trinajstić information content (AvgIpc) is 3.49. The number of ether oxygens (including phenoxy) is 2. The second-order valence-electron chi connectivity index (χ2n) is 11.7. The lowest BCUT2D eigenvalue weighted by atomic mass is 9.72. The molecule has 35 heavy (non-hydrogen) atoms. The van der Waals surface area contributed by atoms with Gasteiger partial charge in [0.1, 0.15) is 0 Å². The Balaban J connectivity index is 1.25. The fraction of sp³-hybridized carbons (Fsp3) is 0.800. The normalized spacial score (nSPS) is 31.3. The molecule has 1 aromatic heterocycles. The Labute approximate surface area is 206 Å². The second kappa shape index (κ2) is 9.14. The van der Waals surface area contributed by atoms with E-state index in [2.05, 4.69) is 15.6 Å². The topological polar surface area (TPSA) is 126 Å². The summed E-state index contributed by atoms with van der Waals surface area (Å²) in [5.74, 6) is -0.650. The molecular formula is C25H38N4O6. The number of rotatable bonds is 8. The first kappa shape index (κ1) is 24.7. The predicted molar refractivity (Wildman–Crippen MR) is 125 cm³/mol. The van der Waals surface area contributed by atoms with E-state index >= 15 is 0 Å². The van der Waals surface area contributed by atoms with Gasteiger partial charge < -0.3 is 34.5 Å². The van der Waals surface area contributed by atoms with Crippen molar-refractivity contribution in [2.75, 3.05) is 39.4 Å². The number of nitrogens with one attached hydrogen (secondary N) is 2. The summed E-state index contributed by atoms with van der Waals surface area (Å²) in [6.45, 7) is 8.66. The molecule has 2 amide bonds. The maximum absolute atomic E-state index is 13.6. The van der Waals surface area contributed by atoms with Crippen molar-refractivity contribution in [3.63, 3.8) is 0 Å². The molecule has 4 saturated heterocycles. The number of nitrogens with zero attached hydrogens (tertiary/aromatic N) is 2. The molecule has 194 valence electrons. The molecule has 6 rings (SSSR count). The van der Waals surface area contributed by atoms with Gasteiger partial charge in [-0.25, -0.2) is 4.98 Å². The largest absolute Gasteiger partial charge is 0.438 e. The number of aliphatic hydroxyl groups is 1. The van der Waals surface area contributed by atoms with Gasteiger partial charge in [-0.15, -0.1) is 0 Å². The first-order chi connectivity index (χ1) is 16.6. The molecule has 5 fully saturated rings. The zero-order valence-electron chi connectivity index (χ0n) is 20.9. The highest BCUT2D eigenvalue weighted by molar-refractivity contribution is 5.92. The van der Waals surface area contributed by atoms with Crippen LogP contribution in [0.25, 0.3) is 0 Å². The highest BCUT2D eigenvalue weighted by Gasteiger charge is 2.55. The van der Waals surface area contributed by atoms with Gasteiger partial charge >= 0.3 is 0 Å². The third-order valence-corrected chi connectivity index (χ3v) is 8.65. The van der Waals surface area contributed by atoms with Crippen LogP contribution in [-0.2, 0) is 14.3 Å². The molecule has 3 atom stereocenters. The molecule has 1 unspecified atom stereocenters.